The fourth-order valence-corrected chi connectivity index (χ4v) is 9.24. The summed E-state index contributed by atoms with van der Waals surface area (Å²) in [6.45, 7) is 5.38. The molecule has 0 spiro atoms. The minimum Gasteiger partial charge on any atom is -0.390 e. The number of carbonyl (C=O) groups is 4. The molecule has 13 heteroatoms. The first kappa shape index (κ1) is 32.8. The Kier molecular flexibility index (Phi) is 7.86. The molecule has 3 fully saturated rings. The summed E-state index contributed by atoms with van der Waals surface area (Å²) in [6, 6.07) is 1.53. The van der Waals surface area contributed by atoms with Gasteiger partial charge in [-0.3, -0.25) is 19.2 Å². The van der Waals surface area contributed by atoms with Crippen LogP contribution in [0.4, 0.5) is 10.1 Å². The van der Waals surface area contributed by atoms with Crippen LogP contribution in [-0.4, -0.2) is 78.3 Å². The van der Waals surface area contributed by atoms with Crippen LogP contribution in [0.3, 0.4) is 0 Å². The number of aryl methyl sites for hydroxylation is 2. The van der Waals surface area contributed by atoms with Crippen LogP contribution >= 0.6 is 0 Å². The lowest BCUT2D eigenvalue weighted by Crippen LogP contribution is -2.70. The second-order valence-corrected chi connectivity index (χ2v) is 14.2. The monoisotopic (exact) mass is 650 g/mol. The number of alkyl halides is 1. The van der Waals surface area contributed by atoms with E-state index >= 15 is 4.39 Å². The molecule has 0 aliphatic heterocycles. The number of amides is 3. The summed E-state index contributed by atoms with van der Waals surface area (Å²) in [5.74, 6) is -2.95. The minimum atomic E-state index is -2.05. The third kappa shape index (κ3) is 4.72. The standard InChI is InChI=1S/C34H43FN6O6/c1-19-14-24-23-7-6-20-15-22(42)8-9-31(20,2)33(23,35)26(43)17-32(24,3)34(19,47)30(46)38-11-10-37-28(44)25-16-21(18-41(25)5)39-29(45)27-36-12-13-40(27)4/h8-9,12-13,15-16,18-19,23-24,26,43,47H,6-7,10-11,14,17H2,1-5H3,(H,37,44)(H,38,46)(H,39,45)/t19-,23+,24+,26+,31+,32+,33+,34+/m0/s1. The van der Waals surface area contributed by atoms with Gasteiger partial charge >= 0.3 is 0 Å². The highest BCUT2D eigenvalue weighted by atomic mass is 19.1. The average molecular weight is 651 g/mol. The van der Waals surface area contributed by atoms with Gasteiger partial charge < -0.3 is 35.3 Å². The molecule has 2 aromatic rings. The van der Waals surface area contributed by atoms with Crippen LogP contribution in [0, 0.1) is 28.6 Å². The molecule has 0 unspecified atom stereocenters. The van der Waals surface area contributed by atoms with E-state index in [-0.39, 0.29) is 42.7 Å². The van der Waals surface area contributed by atoms with Crippen LogP contribution in [0.2, 0.25) is 0 Å². The quantitative estimate of drug-likeness (QED) is 0.287. The average Bonchev–Trinajstić information content (AvgIpc) is 3.67. The Morgan fingerprint density at radius 3 is 2.53 bits per heavy atom. The fraction of sp³-hybridized carbons (Fsp3) is 0.559. The van der Waals surface area contributed by atoms with Crippen molar-refractivity contribution in [2.75, 3.05) is 18.4 Å². The van der Waals surface area contributed by atoms with Crippen LogP contribution in [0.15, 0.2) is 48.5 Å². The molecule has 8 atom stereocenters. The van der Waals surface area contributed by atoms with Gasteiger partial charge in [0.25, 0.3) is 17.7 Å². The van der Waals surface area contributed by atoms with Crippen molar-refractivity contribution < 1.29 is 33.8 Å². The van der Waals surface area contributed by atoms with E-state index < -0.39 is 57.8 Å². The van der Waals surface area contributed by atoms with Gasteiger partial charge in [-0.1, -0.05) is 25.5 Å². The first-order valence-electron chi connectivity index (χ1n) is 16.1. The number of aromatic nitrogens is 3. The van der Waals surface area contributed by atoms with E-state index in [1.165, 1.54) is 24.4 Å². The van der Waals surface area contributed by atoms with Gasteiger partial charge in [0.1, 0.15) is 5.69 Å². The van der Waals surface area contributed by atoms with Gasteiger partial charge in [0.15, 0.2) is 22.9 Å². The Hall–Kier alpha value is -4.10. The van der Waals surface area contributed by atoms with E-state index in [2.05, 4.69) is 20.9 Å². The SMILES string of the molecule is C[C@H]1C[C@@H]2[C@H]3CCC4=CC(=O)C=C[C@@]4(C)[C@]3(F)[C@H](O)C[C@@]2(C)[C@]1(O)C(=O)NCCNC(=O)c1cc(NC(=O)c2nccn2C)cn1C. The smallest absolute Gasteiger partial charge is 0.291 e. The summed E-state index contributed by atoms with van der Waals surface area (Å²) in [5.41, 5.74) is -4.82. The molecule has 47 heavy (non-hydrogen) atoms. The maximum Gasteiger partial charge on any atom is 0.291 e. The molecule has 2 heterocycles. The molecular formula is C34H43FN6O6. The maximum absolute atomic E-state index is 17.4. The number of hydrogen-bond acceptors (Lipinski definition) is 7. The van der Waals surface area contributed by atoms with Crippen molar-refractivity contribution >= 4 is 29.2 Å². The largest absolute Gasteiger partial charge is 0.390 e. The van der Waals surface area contributed by atoms with E-state index in [1.807, 2.05) is 0 Å². The first-order valence-corrected chi connectivity index (χ1v) is 16.1. The second-order valence-electron chi connectivity index (χ2n) is 14.2. The molecular weight excluding hydrogens is 607 g/mol. The molecule has 4 aliphatic rings. The molecule has 4 aliphatic carbocycles. The number of allylic oxidation sites excluding steroid dienone is 4. The van der Waals surface area contributed by atoms with Crippen LogP contribution < -0.4 is 16.0 Å². The van der Waals surface area contributed by atoms with Crippen LogP contribution in [0.1, 0.15) is 67.6 Å². The topological polar surface area (TPSA) is 168 Å². The van der Waals surface area contributed by atoms with Gasteiger partial charge in [-0.25, -0.2) is 9.37 Å². The van der Waals surface area contributed by atoms with Crippen LogP contribution in [-0.2, 0) is 23.7 Å². The predicted octanol–water partition coefficient (Wildman–Crippen LogP) is 2.20. The Morgan fingerprint density at radius 1 is 1.11 bits per heavy atom. The summed E-state index contributed by atoms with van der Waals surface area (Å²) in [7, 11) is 3.37. The van der Waals surface area contributed by atoms with Crippen molar-refractivity contribution in [2.45, 2.75) is 63.8 Å². The maximum atomic E-state index is 17.4. The van der Waals surface area contributed by atoms with Crippen LogP contribution in [0.5, 0.6) is 0 Å². The number of aliphatic hydroxyl groups is 2. The van der Waals surface area contributed by atoms with Crippen molar-refractivity contribution in [3.05, 3.63) is 60.0 Å². The molecule has 12 nitrogen and oxygen atoms in total. The number of aliphatic hydroxyl groups excluding tert-OH is 1. The summed E-state index contributed by atoms with van der Waals surface area (Å²) < 4.78 is 20.5. The molecule has 6 rings (SSSR count). The number of halogens is 1. The molecule has 3 saturated carbocycles. The molecule has 252 valence electrons. The molecule has 0 bridgehead atoms. The summed E-state index contributed by atoms with van der Waals surface area (Å²) >= 11 is 0. The highest BCUT2D eigenvalue weighted by Gasteiger charge is 2.75. The number of nitrogens with one attached hydrogen (secondary N) is 3. The third-order valence-corrected chi connectivity index (χ3v) is 11.8. The van der Waals surface area contributed by atoms with E-state index in [1.54, 1.807) is 62.5 Å². The molecule has 0 saturated heterocycles. The zero-order valence-corrected chi connectivity index (χ0v) is 27.3. The lowest BCUT2D eigenvalue weighted by molar-refractivity contribution is -0.219. The lowest BCUT2D eigenvalue weighted by Gasteiger charge is -2.62. The fourth-order valence-electron chi connectivity index (χ4n) is 9.24. The van der Waals surface area contributed by atoms with Crippen molar-refractivity contribution in [1.82, 2.24) is 24.8 Å². The Bertz CT molecular complexity index is 1710. The molecule has 2 aromatic heterocycles. The van der Waals surface area contributed by atoms with Gasteiger partial charge in [-0.15, -0.1) is 0 Å². The predicted molar refractivity (Wildman–Crippen MR) is 170 cm³/mol. The van der Waals surface area contributed by atoms with E-state index in [4.69, 9.17) is 0 Å². The number of ketones is 1. The number of nitrogens with zero attached hydrogens (tertiary/aromatic N) is 3. The van der Waals surface area contributed by atoms with Crippen molar-refractivity contribution in [1.29, 1.82) is 0 Å². The second kappa shape index (κ2) is 11.3. The van der Waals surface area contributed by atoms with Gasteiger partial charge in [0, 0.05) is 62.5 Å². The number of hydrogen-bond donors (Lipinski definition) is 5. The third-order valence-electron chi connectivity index (χ3n) is 11.8. The van der Waals surface area contributed by atoms with E-state index in [9.17, 15) is 29.4 Å². The van der Waals surface area contributed by atoms with Crippen molar-refractivity contribution in [3.8, 4) is 0 Å². The number of fused-ring (bicyclic) bond motifs is 5. The molecule has 0 aromatic carbocycles. The summed E-state index contributed by atoms with van der Waals surface area (Å²) in [4.78, 5) is 55.3. The van der Waals surface area contributed by atoms with Gasteiger partial charge in [-0.2, -0.15) is 0 Å². The molecule has 0 radical (unpaired) electrons. The first-order chi connectivity index (χ1) is 22.1. The Labute approximate surface area is 272 Å². The number of rotatable bonds is 7. The Morgan fingerprint density at radius 2 is 1.83 bits per heavy atom. The number of imidazole rings is 1. The summed E-state index contributed by atoms with van der Waals surface area (Å²) in [6.07, 6.45) is 8.93. The Balaban J connectivity index is 1.10. The molecule has 5 N–H and O–H groups in total. The normalized spacial score (nSPS) is 35.7. The van der Waals surface area contributed by atoms with Gasteiger partial charge in [-0.05, 0) is 62.7 Å². The zero-order valence-electron chi connectivity index (χ0n) is 27.3. The van der Waals surface area contributed by atoms with Crippen LogP contribution in [0.25, 0.3) is 0 Å². The minimum absolute atomic E-state index is 0.0254. The van der Waals surface area contributed by atoms with Gasteiger partial charge in [0.2, 0.25) is 0 Å². The summed E-state index contributed by atoms with van der Waals surface area (Å²) in [5, 5.41) is 31.9. The van der Waals surface area contributed by atoms with Crippen molar-refractivity contribution in [2.24, 2.45) is 42.7 Å². The zero-order chi connectivity index (χ0) is 34.1. The molecule has 3 amide bonds. The van der Waals surface area contributed by atoms with Gasteiger partial charge in [0.05, 0.1) is 11.8 Å². The van der Waals surface area contributed by atoms with E-state index in [0.29, 0.717) is 30.5 Å². The van der Waals surface area contributed by atoms with Crippen molar-refractivity contribution in [3.63, 3.8) is 0 Å². The lowest BCUT2D eigenvalue weighted by atomic mass is 9.44. The highest BCUT2D eigenvalue weighted by Crippen LogP contribution is 2.70. The highest BCUT2D eigenvalue weighted by molar-refractivity contribution is 6.03. The number of carbonyl (C=O) groups excluding carboxylic acids is 4. The van der Waals surface area contributed by atoms with E-state index in [0.717, 1.165) is 0 Å². The number of anilines is 1.